The van der Waals surface area contributed by atoms with Crippen molar-refractivity contribution in [2.45, 2.75) is 463 Å². The molecule has 86 heavy (non-hydrogen) atoms. The summed E-state index contributed by atoms with van der Waals surface area (Å²) < 4.78 is 5.50. The summed E-state index contributed by atoms with van der Waals surface area (Å²) in [7, 11) is 0. The van der Waals surface area contributed by atoms with Gasteiger partial charge in [0.1, 0.15) is 0 Å². The van der Waals surface area contributed by atoms with Gasteiger partial charge in [0.2, 0.25) is 5.91 Å². The summed E-state index contributed by atoms with van der Waals surface area (Å²) in [6, 6.07) is -0.623. The molecule has 0 aliphatic heterocycles. The largest absolute Gasteiger partial charge is 0.466 e. The molecule has 0 spiro atoms. The first-order chi connectivity index (χ1) is 42.5. The lowest BCUT2D eigenvalue weighted by atomic mass is 10.0. The normalized spacial score (nSPS) is 12.6. The number of aliphatic hydroxyl groups excluding tert-OH is 2. The average molecular weight is 1210 g/mol. The maximum Gasteiger partial charge on any atom is 0.305 e. The number of esters is 1. The van der Waals surface area contributed by atoms with Crippen molar-refractivity contribution in [3.63, 3.8) is 0 Å². The Balaban J connectivity index is 3.31. The first-order valence-electron chi connectivity index (χ1n) is 39.6. The van der Waals surface area contributed by atoms with E-state index in [1.807, 2.05) is 6.08 Å². The van der Waals surface area contributed by atoms with Gasteiger partial charge in [0, 0.05) is 12.8 Å². The third-order valence-electron chi connectivity index (χ3n) is 18.7. The van der Waals surface area contributed by atoms with Crippen molar-refractivity contribution in [3.8, 4) is 0 Å². The molecule has 510 valence electrons. The average Bonchev–Trinajstić information content (AvgIpc) is 3.59. The summed E-state index contributed by atoms with van der Waals surface area (Å²) in [5, 5.41) is 23.2. The number of carbonyl (C=O) groups is 2. The van der Waals surface area contributed by atoms with Crippen molar-refractivity contribution in [3.05, 3.63) is 24.3 Å². The molecule has 6 nitrogen and oxygen atoms in total. The van der Waals surface area contributed by atoms with Gasteiger partial charge in [-0.2, -0.15) is 0 Å². The molecule has 0 saturated carbocycles. The predicted octanol–water partition coefficient (Wildman–Crippen LogP) is 26.0. The second-order valence-corrected chi connectivity index (χ2v) is 27.4. The summed E-state index contributed by atoms with van der Waals surface area (Å²) >= 11 is 0. The molecule has 0 aromatic rings. The Bertz CT molecular complexity index is 1350. The van der Waals surface area contributed by atoms with Crippen molar-refractivity contribution in [1.82, 2.24) is 5.32 Å². The van der Waals surface area contributed by atoms with Crippen LogP contribution >= 0.6 is 0 Å². The molecule has 0 aromatic carbocycles. The Labute approximate surface area is 539 Å². The Hall–Kier alpha value is -1.66. The minimum Gasteiger partial charge on any atom is -0.466 e. The number of unbranched alkanes of at least 4 members (excludes halogenated alkanes) is 62. The highest BCUT2D eigenvalue weighted by Gasteiger charge is 2.18. The van der Waals surface area contributed by atoms with Gasteiger partial charge in [-0.05, 0) is 57.8 Å². The van der Waals surface area contributed by atoms with E-state index in [4.69, 9.17) is 4.74 Å². The van der Waals surface area contributed by atoms with Gasteiger partial charge in [0.15, 0.2) is 0 Å². The van der Waals surface area contributed by atoms with Crippen molar-refractivity contribution in [2.75, 3.05) is 13.2 Å². The van der Waals surface area contributed by atoms with E-state index in [1.165, 1.54) is 379 Å². The third-order valence-corrected chi connectivity index (χ3v) is 18.7. The molecule has 0 radical (unpaired) electrons. The van der Waals surface area contributed by atoms with Crippen molar-refractivity contribution in [2.24, 2.45) is 0 Å². The van der Waals surface area contributed by atoms with E-state index < -0.39 is 12.1 Å². The van der Waals surface area contributed by atoms with E-state index in [1.54, 1.807) is 6.08 Å². The summed E-state index contributed by atoms with van der Waals surface area (Å²) in [4.78, 5) is 24.6. The smallest absolute Gasteiger partial charge is 0.305 e. The topological polar surface area (TPSA) is 95.9 Å². The van der Waals surface area contributed by atoms with Crippen molar-refractivity contribution < 1.29 is 24.5 Å². The van der Waals surface area contributed by atoms with Crippen molar-refractivity contribution in [1.29, 1.82) is 0 Å². The van der Waals surface area contributed by atoms with Gasteiger partial charge in [-0.25, -0.2) is 0 Å². The van der Waals surface area contributed by atoms with Crippen molar-refractivity contribution >= 4 is 11.9 Å². The van der Waals surface area contributed by atoms with E-state index in [-0.39, 0.29) is 18.5 Å². The number of hydrogen-bond donors (Lipinski definition) is 3. The van der Waals surface area contributed by atoms with Crippen LogP contribution < -0.4 is 5.32 Å². The Morgan fingerprint density at radius 3 is 0.826 bits per heavy atom. The zero-order valence-corrected chi connectivity index (χ0v) is 58.6. The van der Waals surface area contributed by atoms with E-state index in [2.05, 4.69) is 31.3 Å². The van der Waals surface area contributed by atoms with Crippen LogP contribution in [0.4, 0.5) is 0 Å². The number of ether oxygens (including phenoxy) is 1. The fourth-order valence-corrected chi connectivity index (χ4v) is 12.7. The van der Waals surface area contributed by atoms with E-state index in [0.29, 0.717) is 19.4 Å². The Kier molecular flexibility index (Phi) is 74.3. The summed E-state index contributed by atoms with van der Waals surface area (Å²) in [5.41, 5.74) is 0. The van der Waals surface area contributed by atoms with Crippen LogP contribution in [0.25, 0.3) is 0 Å². The first-order valence-corrected chi connectivity index (χ1v) is 39.6. The number of hydrogen-bond acceptors (Lipinski definition) is 5. The first kappa shape index (κ1) is 84.3. The van der Waals surface area contributed by atoms with Crippen LogP contribution in [0.3, 0.4) is 0 Å². The number of aliphatic hydroxyl groups is 2. The van der Waals surface area contributed by atoms with Crippen LogP contribution in [0.5, 0.6) is 0 Å². The molecule has 0 aliphatic carbocycles. The minimum absolute atomic E-state index is 0.0161. The minimum atomic E-state index is -0.840. The molecular formula is C80H155NO5. The zero-order valence-electron chi connectivity index (χ0n) is 58.6. The van der Waals surface area contributed by atoms with Gasteiger partial charge < -0.3 is 20.3 Å². The van der Waals surface area contributed by atoms with Gasteiger partial charge in [-0.1, -0.05) is 404 Å². The summed E-state index contributed by atoms with van der Waals surface area (Å²) in [6.07, 6.45) is 97.4. The number of allylic oxidation sites excluding steroid dienone is 3. The zero-order chi connectivity index (χ0) is 62.0. The molecule has 0 saturated heterocycles. The van der Waals surface area contributed by atoms with Gasteiger partial charge in [-0.15, -0.1) is 0 Å². The van der Waals surface area contributed by atoms with E-state index >= 15 is 0 Å². The predicted molar refractivity (Wildman–Crippen MR) is 380 cm³/mol. The standard InChI is InChI=1S/C80H155NO5/c1-3-5-7-9-11-13-15-17-19-41-45-48-52-56-60-64-68-72-78(83)77(76-82)81-79(84)73-69-65-61-57-53-49-46-42-39-37-35-33-31-29-27-25-23-21-20-22-24-26-28-30-32-34-36-38-40-43-47-51-55-59-63-67-71-75-86-80(85)74-70-66-62-58-54-50-44-18-16-14-12-10-8-6-4-2/h18,44,68,72,77-78,82-83H,3-17,19-43,45-67,69-71,73-76H2,1-2H3,(H,81,84)/b44-18-,72-68+. The number of carbonyl (C=O) groups excluding carboxylic acids is 2. The number of nitrogens with one attached hydrogen (secondary N) is 1. The molecule has 0 heterocycles. The maximum atomic E-state index is 12.5. The third kappa shape index (κ3) is 71.4. The molecule has 0 fully saturated rings. The lowest BCUT2D eigenvalue weighted by Gasteiger charge is -2.20. The molecule has 2 unspecified atom stereocenters. The monoisotopic (exact) mass is 1210 g/mol. The molecule has 3 N–H and O–H groups in total. The Morgan fingerprint density at radius 1 is 0.314 bits per heavy atom. The van der Waals surface area contributed by atoms with Gasteiger partial charge in [0.05, 0.1) is 25.4 Å². The van der Waals surface area contributed by atoms with Gasteiger partial charge >= 0.3 is 5.97 Å². The van der Waals surface area contributed by atoms with E-state index in [0.717, 1.165) is 44.9 Å². The van der Waals surface area contributed by atoms with Crippen LogP contribution in [-0.4, -0.2) is 47.4 Å². The van der Waals surface area contributed by atoms with Crippen LogP contribution in [0.2, 0.25) is 0 Å². The summed E-state index contributed by atoms with van der Waals surface area (Å²) in [6.45, 7) is 4.94. The second-order valence-electron chi connectivity index (χ2n) is 27.4. The fourth-order valence-electron chi connectivity index (χ4n) is 12.7. The molecule has 2 atom stereocenters. The molecule has 0 rings (SSSR count). The number of rotatable bonds is 75. The highest BCUT2D eigenvalue weighted by Crippen LogP contribution is 2.20. The molecule has 0 aromatic heterocycles. The second kappa shape index (κ2) is 75.8. The molecular weight excluding hydrogens is 1050 g/mol. The van der Waals surface area contributed by atoms with Crippen LogP contribution in [0.1, 0.15) is 450 Å². The van der Waals surface area contributed by atoms with E-state index in [9.17, 15) is 19.8 Å². The SMILES string of the molecule is CCCCCCCC/C=C\CCCCCCCC(=O)OCCCCCCCCCCCCCCCCCCCCCCCCCCCCCCCCCCCCCCCC(=O)NC(CO)C(O)/C=C/CCCCCCCCCCCCCCCCC. The number of amides is 1. The quantitative estimate of drug-likeness (QED) is 0.0320. The molecule has 0 bridgehead atoms. The van der Waals surface area contributed by atoms with Crippen LogP contribution in [0.15, 0.2) is 24.3 Å². The highest BCUT2D eigenvalue weighted by molar-refractivity contribution is 5.76. The van der Waals surface area contributed by atoms with Gasteiger partial charge in [-0.3, -0.25) is 9.59 Å². The molecule has 6 heteroatoms. The maximum absolute atomic E-state index is 12.5. The molecule has 0 aliphatic rings. The molecule has 1 amide bonds. The lowest BCUT2D eigenvalue weighted by molar-refractivity contribution is -0.143. The summed E-state index contributed by atoms with van der Waals surface area (Å²) in [5.74, 6) is -0.0424. The van der Waals surface area contributed by atoms with Crippen LogP contribution in [-0.2, 0) is 14.3 Å². The van der Waals surface area contributed by atoms with Gasteiger partial charge in [0.25, 0.3) is 0 Å². The lowest BCUT2D eigenvalue weighted by Crippen LogP contribution is -2.45. The van der Waals surface area contributed by atoms with Crippen LogP contribution in [0, 0.1) is 0 Å². The Morgan fingerprint density at radius 2 is 0.547 bits per heavy atom. The highest BCUT2D eigenvalue weighted by atomic mass is 16.5. The fraction of sp³-hybridized carbons (Fsp3) is 0.925.